The molecule has 4 aromatic rings. The lowest BCUT2D eigenvalue weighted by atomic mass is 10.2. The van der Waals surface area contributed by atoms with Crippen molar-refractivity contribution in [3.05, 3.63) is 71.9 Å². The van der Waals surface area contributed by atoms with E-state index < -0.39 is 0 Å². The highest BCUT2D eigenvalue weighted by Crippen LogP contribution is 2.30. The van der Waals surface area contributed by atoms with Gasteiger partial charge in [-0.05, 0) is 66.9 Å². The Bertz CT molecular complexity index is 1350. The number of nitrogens with zero attached hydrogens (tertiary/aromatic N) is 6. The van der Waals surface area contributed by atoms with Crippen LogP contribution in [0.2, 0.25) is 0 Å². The van der Waals surface area contributed by atoms with Crippen molar-refractivity contribution in [3.63, 3.8) is 0 Å². The van der Waals surface area contributed by atoms with Crippen molar-refractivity contribution in [3.8, 4) is 22.4 Å². The van der Waals surface area contributed by atoms with Gasteiger partial charge in [0, 0.05) is 49.0 Å². The molecule has 38 heavy (non-hydrogen) atoms. The van der Waals surface area contributed by atoms with Crippen LogP contribution >= 0.6 is 23.3 Å². The number of piperazine rings is 1. The van der Waals surface area contributed by atoms with Crippen LogP contribution in [0.3, 0.4) is 0 Å². The van der Waals surface area contributed by atoms with Crippen molar-refractivity contribution in [2.75, 3.05) is 43.0 Å². The van der Waals surface area contributed by atoms with Crippen LogP contribution in [0.5, 0.6) is 5.75 Å². The number of nitrogens with one attached hydrogen (secondary N) is 1. The maximum absolute atomic E-state index is 9.08. The van der Waals surface area contributed by atoms with Gasteiger partial charge < -0.3 is 15.0 Å². The van der Waals surface area contributed by atoms with Gasteiger partial charge in [0.25, 0.3) is 0 Å². The summed E-state index contributed by atoms with van der Waals surface area (Å²) < 4.78 is 8.17. The van der Waals surface area contributed by atoms with E-state index in [0.29, 0.717) is 17.3 Å². The van der Waals surface area contributed by atoms with Crippen molar-refractivity contribution in [1.82, 2.24) is 19.3 Å². The molecule has 2 aromatic carbocycles. The van der Waals surface area contributed by atoms with Gasteiger partial charge in [-0.2, -0.15) is 10.2 Å². The number of anilines is 3. The summed E-state index contributed by atoms with van der Waals surface area (Å²) in [7, 11) is 0. The van der Waals surface area contributed by atoms with Crippen LogP contribution in [-0.4, -0.2) is 52.0 Å². The van der Waals surface area contributed by atoms with E-state index in [9.17, 15) is 0 Å². The fourth-order valence-electron chi connectivity index (χ4n) is 3.94. The summed E-state index contributed by atoms with van der Waals surface area (Å²) in [6, 6.07) is 19.8. The molecule has 0 radical (unpaired) electrons. The van der Waals surface area contributed by atoms with Gasteiger partial charge in [0.2, 0.25) is 5.95 Å². The minimum Gasteiger partial charge on any atom is -0.494 e. The molecule has 0 spiro atoms. The van der Waals surface area contributed by atoms with E-state index in [-0.39, 0.29) is 0 Å². The Morgan fingerprint density at radius 2 is 1.84 bits per heavy atom. The Hall–Kier alpha value is -3.65. The first-order valence-electron chi connectivity index (χ1n) is 12.7. The number of aromatic nitrogens is 3. The van der Waals surface area contributed by atoms with E-state index in [1.54, 1.807) is 35.4 Å². The number of ether oxygens (including phenoxy) is 1. The monoisotopic (exact) mass is 543 g/mol. The Morgan fingerprint density at radius 1 is 1.05 bits per heavy atom. The Kier molecular flexibility index (Phi) is 8.71. The molecule has 1 fully saturated rings. The zero-order chi connectivity index (χ0) is 26.2. The molecule has 0 aliphatic carbocycles. The van der Waals surface area contributed by atoms with Crippen LogP contribution in [0.4, 0.5) is 17.5 Å². The molecule has 3 heterocycles. The largest absolute Gasteiger partial charge is 0.494 e. The first-order chi connectivity index (χ1) is 18.7. The molecule has 10 heteroatoms. The van der Waals surface area contributed by atoms with E-state index in [4.69, 9.17) is 20.0 Å². The lowest BCUT2D eigenvalue weighted by Crippen LogP contribution is -2.44. The van der Waals surface area contributed by atoms with Gasteiger partial charge >= 0.3 is 0 Å². The van der Waals surface area contributed by atoms with Crippen LogP contribution in [0.15, 0.2) is 71.2 Å². The third-order valence-corrected chi connectivity index (χ3v) is 7.93. The minimum absolute atomic E-state index is 0.622. The Balaban J connectivity index is 1.24. The average Bonchev–Trinajstić information content (AvgIpc) is 3.50. The van der Waals surface area contributed by atoms with E-state index in [1.807, 2.05) is 29.9 Å². The maximum Gasteiger partial charge on any atom is 0.228 e. The second-order valence-electron chi connectivity index (χ2n) is 8.80. The lowest BCUT2D eigenvalue weighted by Gasteiger charge is -2.34. The van der Waals surface area contributed by atoms with Crippen LogP contribution < -0.4 is 15.0 Å². The van der Waals surface area contributed by atoms with Gasteiger partial charge in [-0.1, -0.05) is 13.3 Å². The number of unbranched alkanes of at least 4 members (excludes halogenated alkanes) is 1. The van der Waals surface area contributed by atoms with Gasteiger partial charge in [-0.3, -0.25) is 4.98 Å². The van der Waals surface area contributed by atoms with Crippen molar-refractivity contribution >= 4 is 40.7 Å². The summed E-state index contributed by atoms with van der Waals surface area (Å²) in [4.78, 5) is 18.4. The predicted octanol–water partition coefficient (Wildman–Crippen LogP) is 6.22. The minimum atomic E-state index is 0.622. The highest BCUT2D eigenvalue weighted by atomic mass is 32.2. The van der Waals surface area contributed by atoms with E-state index in [1.165, 1.54) is 4.90 Å². The Labute approximate surface area is 231 Å². The number of thiazole rings is 1. The molecule has 2 aromatic heterocycles. The fraction of sp³-hybridized carbons (Fsp3) is 0.286. The molecule has 1 aliphatic heterocycles. The Morgan fingerprint density at radius 3 is 2.53 bits per heavy atom. The number of nitriles is 1. The van der Waals surface area contributed by atoms with E-state index >= 15 is 0 Å². The number of hydrogen-bond donors (Lipinski definition) is 1. The van der Waals surface area contributed by atoms with Crippen LogP contribution in [0.1, 0.15) is 25.3 Å². The second-order valence-corrected chi connectivity index (χ2v) is 10.9. The topological polar surface area (TPSA) is 90.2 Å². The molecular formula is C28H29N7OS2. The molecule has 0 atom stereocenters. The molecule has 0 saturated carbocycles. The van der Waals surface area contributed by atoms with E-state index in [0.717, 1.165) is 67.6 Å². The molecule has 194 valence electrons. The maximum atomic E-state index is 9.08. The summed E-state index contributed by atoms with van der Waals surface area (Å²) in [6.07, 6.45) is 4.04. The number of rotatable bonds is 10. The van der Waals surface area contributed by atoms with Crippen LogP contribution in [0.25, 0.3) is 10.6 Å². The van der Waals surface area contributed by atoms with Gasteiger partial charge in [-0.15, -0.1) is 11.3 Å². The SMILES string of the molecule is CCCCOc1ccc(SN2CCN(c3nc(Nc4ccc(C#N)cc4)cc(-c4cncs4)n3)CC2)cc1. The van der Waals surface area contributed by atoms with Crippen molar-refractivity contribution in [2.24, 2.45) is 0 Å². The molecule has 0 amide bonds. The molecule has 0 bridgehead atoms. The van der Waals surface area contributed by atoms with Crippen LogP contribution in [0, 0.1) is 11.3 Å². The van der Waals surface area contributed by atoms with Gasteiger partial charge in [0.1, 0.15) is 11.6 Å². The fourth-order valence-corrected chi connectivity index (χ4v) is 5.43. The average molecular weight is 544 g/mol. The highest BCUT2D eigenvalue weighted by molar-refractivity contribution is 7.97. The molecule has 1 N–H and O–H groups in total. The molecule has 1 aliphatic rings. The summed E-state index contributed by atoms with van der Waals surface area (Å²) in [5.74, 6) is 2.34. The summed E-state index contributed by atoms with van der Waals surface area (Å²) in [6.45, 7) is 6.38. The standard InChI is InChI=1S/C28H29N7OS2/c1-2-3-16-36-23-8-10-24(11-9-23)38-35-14-12-34(13-15-35)28-32-25(26-19-30-20-37-26)17-27(33-28)31-22-6-4-21(18-29)5-7-22/h4-11,17,19-20H,2-3,12-16H2,1H3,(H,31,32,33). The summed E-state index contributed by atoms with van der Waals surface area (Å²) in [5.41, 5.74) is 4.14. The van der Waals surface area contributed by atoms with Gasteiger partial charge in [-0.25, -0.2) is 9.29 Å². The smallest absolute Gasteiger partial charge is 0.228 e. The van der Waals surface area contributed by atoms with E-state index in [2.05, 4.69) is 56.8 Å². The molecule has 0 unspecified atom stereocenters. The van der Waals surface area contributed by atoms with Crippen LogP contribution in [-0.2, 0) is 0 Å². The first-order valence-corrected chi connectivity index (χ1v) is 14.3. The molecule has 8 nitrogen and oxygen atoms in total. The quantitative estimate of drug-likeness (QED) is 0.185. The lowest BCUT2D eigenvalue weighted by molar-refractivity contribution is 0.309. The van der Waals surface area contributed by atoms with Crippen molar-refractivity contribution in [1.29, 1.82) is 5.26 Å². The third-order valence-electron chi connectivity index (χ3n) is 6.03. The van der Waals surface area contributed by atoms with Gasteiger partial charge in [0.15, 0.2) is 0 Å². The molecule has 5 rings (SSSR count). The van der Waals surface area contributed by atoms with Crippen molar-refractivity contribution < 1.29 is 4.74 Å². The first kappa shape index (κ1) is 26.0. The second kappa shape index (κ2) is 12.7. The molecule has 1 saturated heterocycles. The predicted molar refractivity (Wildman–Crippen MR) is 154 cm³/mol. The number of benzene rings is 2. The molecular weight excluding hydrogens is 514 g/mol. The van der Waals surface area contributed by atoms with Gasteiger partial charge in [0.05, 0.1) is 34.3 Å². The normalized spacial score (nSPS) is 13.7. The zero-order valence-corrected chi connectivity index (χ0v) is 22.8. The summed E-state index contributed by atoms with van der Waals surface area (Å²) >= 11 is 3.33. The third kappa shape index (κ3) is 6.81. The number of hydrogen-bond acceptors (Lipinski definition) is 10. The highest BCUT2D eigenvalue weighted by Gasteiger charge is 2.21. The summed E-state index contributed by atoms with van der Waals surface area (Å²) in [5, 5.41) is 12.4. The van der Waals surface area contributed by atoms with Crippen molar-refractivity contribution in [2.45, 2.75) is 24.7 Å². The zero-order valence-electron chi connectivity index (χ0n) is 21.2.